The van der Waals surface area contributed by atoms with Gasteiger partial charge in [0, 0.05) is 31.2 Å². The van der Waals surface area contributed by atoms with E-state index in [1.807, 2.05) is 24.3 Å². The highest BCUT2D eigenvalue weighted by molar-refractivity contribution is 6.05. The average Bonchev–Trinajstić information content (AvgIpc) is 3.14. The molecule has 7 heteroatoms. The van der Waals surface area contributed by atoms with Crippen LogP contribution in [0.5, 0.6) is 5.88 Å². The van der Waals surface area contributed by atoms with Crippen molar-refractivity contribution in [2.24, 2.45) is 0 Å². The first-order chi connectivity index (χ1) is 14.3. The van der Waals surface area contributed by atoms with Gasteiger partial charge in [-0.05, 0) is 18.2 Å². The summed E-state index contributed by atoms with van der Waals surface area (Å²) in [5.74, 6) is 0.159. The maximum Gasteiger partial charge on any atom is 0.226 e. The maximum absolute atomic E-state index is 14.6. The average molecular weight is 392 g/mol. The zero-order valence-electron chi connectivity index (χ0n) is 15.9. The molecule has 0 saturated carbocycles. The van der Waals surface area contributed by atoms with Crippen LogP contribution in [0.1, 0.15) is 0 Å². The number of rotatable bonds is 5. The molecule has 6 nitrogen and oxygen atoms in total. The summed E-state index contributed by atoms with van der Waals surface area (Å²) >= 11 is 0. The Labute approximate surface area is 167 Å². The molecule has 0 bridgehead atoms. The molecule has 148 valence electrons. The van der Waals surface area contributed by atoms with Crippen molar-refractivity contribution >= 4 is 21.8 Å². The minimum absolute atomic E-state index is 0.351. The Morgan fingerprint density at radius 3 is 2.66 bits per heavy atom. The van der Waals surface area contributed by atoms with Crippen molar-refractivity contribution in [2.75, 3.05) is 39.5 Å². The van der Waals surface area contributed by atoms with Crippen molar-refractivity contribution in [3.8, 4) is 11.6 Å². The van der Waals surface area contributed by atoms with E-state index in [1.54, 1.807) is 29.1 Å². The third-order valence-electron chi connectivity index (χ3n) is 5.20. The predicted molar refractivity (Wildman–Crippen MR) is 109 cm³/mol. The fourth-order valence-corrected chi connectivity index (χ4v) is 3.67. The van der Waals surface area contributed by atoms with Crippen LogP contribution in [-0.4, -0.2) is 59.1 Å². The molecule has 2 aromatic carbocycles. The number of nitrogens with zero attached hydrogens (tertiary/aromatic N) is 4. The lowest BCUT2D eigenvalue weighted by molar-refractivity contribution is 0.0319. The van der Waals surface area contributed by atoms with E-state index in [-0.39, 0.29) is 5.82 Å². The van der Waals surface area contributed by atoms with Gasteiger partial charge in [0.2, 0.25) is 5.88 Å². The second kappa shape index (κ2) is 7.77. The number of hydrogen-bond acceptors (Lipinski definition) is 5. The van der Waals surface area contributed by atoms with Gasteiger partial charge >= 0.3 is 0 Å². The van der Waals surface area contributed by atoms with Crippen molar-refractivity contribution in [2.45, 2.75) is 0 Å². The molecule has 0 atom stereocenters. The van der Waals surface area contributed by atoms with E-state index in [0.717, 1.165) is 54.7 Å². The number of benzene rings is 2. The molecule has 1 aliphatic heterocycles. The molecule has 0 unspecified atom stereocenters. The third-order valence-corrected chi connectivity index (χ3v) is 5.20. The number of fused-ring (bicyclic) bond motifs is 3. The number of hydrogen-bond donors (Lipinski definition) is 0. The van der Waals surface area contributed by atoms with E-state index < -0.39 is 0 Å². The van der Waals surface area contributed by atoms with Crippen molar-refractivity contribution in [1.82, 2.24) is 19.7 Å². The Bertz CT molecular complexity index is 1150. The number of morpholine rings is 1. The van der Waals surface area contributed by atoms with Gasteiger partial charge in [-0.3, -0.25) is 9.88 Å². The lowest BCUT2D eigenvalue weighted by Gasteiger charge is -2.26. The van der Waals surface area contributed by atoms with E-state index in [9.17, 15) is 4.39 Å². The molecule has 1 aliphatic rings. The Balaban J connectivity index is 1.56. The number of ether oxygens (including phenoxy) is 2. The predicted octanol–water partition coefficient (Wildman–Crippen LogP) is 3.42. The Morgan fingerprint density at radius 2 is 1.79 bits per heavy atom. The second-order valence-corrected chi connectivity index (χ2v) is 7.01. The summed E-state index contributed by atoms with van der Waals surface area (Å²) < 4.78 is 27.7. The first kappa shape index (κ1) is 18.0. The van der Waals surface area contributed by atoms with Crippen LogP contribution in [-0.2, 0) is 4.74 Å². The van der Waals surface area contributed by atoms with Crippen LogP contribution in [0.4, 0.5) is 4.39 Å². The standard InChI is InChI=1S/C22H21FN4O2/c23-18-6-2-4-8-20(18)27-22(29-14-11-26-9-12-28-13-10-26)17-15-24-19-7-3-1-5-16(19)21(17)25-27/h1-8,15H,9-14H2. The summed E-state index contributed by atoms with van der Waals surface area (Å²) in [6, 6.07) is 14.4. The highest BCUT2D eigenvalue weighted by atomic mass is 19.1. The van der Waals surface area contributed by atoms with Crippen LogP contribution in [0, 0.1) is 5.82 Å². The molecule has 0 spiro atoms. The van der Waals surface area contributed by atoms with E-state index in [0.29, 0.717) is 18.2 Å². The van der Waals surface area contributed by atoms with Crippen LogP contribution < -0.4 is 4.74 Å². The summed E-state index contributed by atoms with van der Waals surface area (Å²) in [6.07, 6.45) is 1.76. The van der Waals surface area contributed by atoms with Gasteiger partial charge < -0.3 is 9.47 Å². The van der Waals surface area contributed by atoms with Gasteiger partial charge in [-0.1, -0.05) is 30.3 Å². The summed E-state index contributed by atoms with van der Waals surface area (Å²) in [7, 11) is 0. The van der Waals surface area contributed by atoms with Gasteiger partial charge in [0.05, 0.1) is 24.1 Å². The minimum atomic E-state index is -0.351. The normalized spacial score (nSPS) is 15.2. The van der Waals surface area contributed by atoms with Crippen LogP contribution in [0.25, 0.3) is 27.5 Å². The molecule has 5 rings (SSSR count). The Kier molecular flexibility index (Phi) is 4.83. The molecule has 4 aromatic rings. The minimum Gasteiger partial charge on any atom is -0.476 e. The molecule has 29 heavy (non-hydrogen) atoms. The van der Waals surface area contributed by atoms with Gasteiger partial charge in [-0.25, -0.2) is 4.39 Å². The van der Waals surface area contributed by atoms with E-state index in [2.05, 4.69) is 9.88 Å². The number of para-hydroxylation sites is 2. The van der Waals surface area contributed by atoms with Gasteiger partial charge in [-0.2, -0.15) is 9.78 Å². The van der Waals surface area contributed by atoms with Crippen LogP contribution >= 0.6 is 0 Å². The number of pyridine rings is 1. The summed E-state index contributed by atoms with van der Waals surface area (Å²) in [6.45, 7) is 4.51. The topological polar surface area (TPSA) is 52.4 Å². The van der Waals surface area contributed by atoms with Gasteiger partial charge in [0.1, 0.15) is 23.6 Å². The first-order valence-corrected chi connectivity index (χ1v) is 9.75. The number of aromatic nitrogens is 3. The van der Waals surface area contributed by atoms with Gasteiger partial charge in [0.25, 0.3) is 0 Å². The number of halogens is 1. The highest BCUT2D eigenvalue weighted by Gasteiger charge is 2.19. The largest absolute Gasteiger partial charge is 0.476 e. The third kappa shape index (κ3) is 3.43. The second-order valence-electron chi connectivity index (χ2n) is 7.01. The van der Waals surface area contributed by atoms with Crippen molar-refractivity contribution in [3.63, 3.8) is 0 Å². The van der Waals surface area contributed by atoms with E-state index >= 15 is 0 Å². The van der Waals surface area contributed by atoms with E-state index in [1.165, 1.54) is 6.07 Å². The first-order valence-electron chi connectivity index (χ1n) is 9.75. The summed E-state index contributed by atoms with van der Waals surface area (Å²) in [5, 5.41) is 6.40. The zero-order chi connectivity index (χ0) is 19.6. The molecule has 1 fully saturated rings. The quantitative estimate of drug-likeness (QED) is 0.521. The van der Waals surface area contributed by atoms with E-state index in [4.69, 9.17) is 14.6 Å². The molecular weight excluding hydrogens is 371 g/mol. The molecule has 3 heterocycles. The summed E-state index contributed by atoms with van der Waals surface area (Å²) in [4.78, 5) is 6.84. The smallest absolute Gasteiger partial charge is 0.226 e. The molecule has 2 aromatic heterocycles. The van der Waals surface area contributed by atoms with Crippen molar-refractivity contribution in [3.05, 3.63) is 60.5 Å². The molecule has 0 N–H and O–H groups in total. The Morgan fingerprint density at radius 1 is 1.00 bits per heavy atom. The lowest BCUT2D eigenvalue weighted by Crippen LogP contribution is -2.38. The molecular formula is C22H21FN4O2. The monoisotopic (exact) mass is 392 g/mol. The van der Waals surface area contributed by atoms with Gasteiger partial charge in [0.15, 0.2) is 0 Å². The molecule has 0 radical (unpaired) electrons. The van der Waals surface area contributed by atoms with Crippen LogP contribution in [0.15, 0.2) is 54.7 Å². The Hall–Kier alpha value is -3.03. The van der Waals surface area contributed by atoms with Crippen LogP contribution in [0.3, 0.4) is 0 Å². The lowest BCUT2D eigenvalue weighted by atomic mass is 10.2. The van der Waals surface area contributed by atoms with Crippen LogP contribution in [0.2, 0.25) is 0 Å². The molecule has 0 amide bonds. The molecule has 0 aliphatic carbocycles. The summed E-state index contributed by atoms with van der Waals surface area (Å²) in [5.41, 5.74) is 1.95. The van der Waals surface area contributed by atoms with Gasteiger partial charge in [-0.15, -0.1) is 0 Å². The molecule has 1 saturated heterocycles. The fraction of sp³-hybridized carbons (Fsp3) is 0.273. The maximum atomic E-state index is 14.6. The fourth-order valence-electron chi connectivity index (χ4n) is 3.67. The zero-order valence-corrected chi connectivity index (χ0v) is 15.9. The highest BCUT2D eigenvalue weighted by Crippen LogP contribution is 2.33. The SMILES string of the molecule is Fc1ccccc1-n1nc2c(cnc3ccccc32)c1OCCN1CCOCC1. The van der Waals surface area contributed by atoms with Crippen molar-refractivity contribution < 1.29 is 13.9 Å². The van der Waals surface area contributed by atoms with Crippen molar-refractivity contribution in [1.29, 1.82) is 0 Å².